The first-order valence-electron chi connectivity index (χ1n) is 8.03. The maximum absolute atomic E-state index is 12.7. The van der Waals surface area contributed by atoms with E-state index in [0.717, 1.165) is 22.1 Å². The maximum Gasteiger partial charge on any atom is 0.256 e. The molecule has 0 aliphatic heterocycles. The summed E-state index contributed by atoms with van der Waals surface area (Å²) in [7, 11) is 0. The number of amides is 1. The minimum atomic E-state index is -0.0995. The lowest BCUT2D eigenvalue weighted by Crippen LogP contribution is -2.12. The van der Waals surface area contributed by atoms with Gasteiger partial charge >= 0.3 is 0 Å². The fraction of sp³-hybridized carbons (Fsp3) is 0.150. The van der Waals surface area contributed by atoms with Gasteiger partial charge in [-0.15, -0.1) is 11.8 Å². The average Bonchev–Trinajstić information content (AvgIpc) is 3.16. The van der Waals surface area contributed by atoms with Gasteiger partial charge < -0.3 is 10.1 Å². The van der Waals surface area contributed by atoms with Gasteiger partial charge in [0.1, 0.15) is 5.75 Å². The molecule has 0 saturated carbocycles. The number of anilines is 1. The Morgan fingerprint density at radius 3 is 2.64 bits per heavy atom. The molecule has 3 rings (SSSR count). The van der Waals surface area contributed by atoms with Crippen molar-refractivity contribution in [1.82, 2.24) is 0 Å². The number of benzene rings is 2. The summed E-state index contributed by atoms with van der Waals surface area (Å²) in [5.74, 6) is 1.56. The first-order chi connectivity index (χ1) is 12.3. The van der Waals surface area contributed by atoms with Crippen molar-refractivity contribution in [3.63, 3.8) is 0 Å². The van der Waals surface area contributed by atoms with Crippen molar-refractivity contribution in [2.45, 2.75) is 17.6 Å². The van der Waals surface area contributed by atoms with E-state index in [9.17, 15) is 4.79 Å². The Morgan fingerprint density at radius 1 is 1.12 bits per heavy atom. The van der Waals surface area contributed by atoms with Crippen LogP contribution in [0.5, 0.6) is 5.75 Å². The summed E-state index contributed by atoms with van der Waals surface area (Å²) in [6, 6.07) is 17.2. The Kier molecular flexibility index (Phi) is 6.14. The van der Waals surface area contributed by atoms with Crippen molar-refractivity contribution >= 4 is 34.7 Å². The van der Waals surface area contributed by atoms with Crippen LogP contribution < -0.4 is 10.1 Å². The lowest BCUT2D eigenvalue weighted by Gasteiger charge is -2.10. The van der Waals surface area contributed by atoms with E-state index in [1.54, 1.807) is 23.1 Å². The second-order valence-electron chi connectivity index (χ2n) is 5.33. The Bertz CT molecular complexity index is 814. The molecule has 3 aromatic rings. The summed E-state index contributed by atoms with van der Waals surface area (Å²) in [6.07, 6.45) is 0. The highest BCUT2D eigenvalue weighted by atomic mass is 32.2. The SMILES string of the molecule is CCOc1ccc(NC(=O)c2ccccc2SCc2ccsc2)cc1. The van der Waals surface area contributed by atoms with Gasteiger partial charge in [0, 0.05) is 16.3 Å². The van der Waals surface area contributed by atoms with Crippen LogP contribution >= 0.6 is 23.1 Å². The normalized spacial score (nSPS) is 10.4. The van der Waals surface area contributed by atoms with Gasteiger partial charge in [-0.1, -0.05) is 12.1 Å². The van der Waals surface area contributed by atoms with Gasteiger partial charge in [-0.05, 0) is 65.7 Å². The number of carbonyl (C=O) groups excluding carboxylic acids is 1. The van der Waals surface area contributed by atoms with E-state index >= 15 is 0 Å². The van der Waals surface area contributed by atoms with Crippen LogP contribution in [-0.4, -0.2) is 12.5 Å². The first kappa shape index (κ1) is 17.6. The largest absolute Gasteiger partial charge is 0.494 e. The topological polar surface area (TPSA) is 38.3 Å². The number of hydrogen-bond acceptors (Lipinski definition) is 4. The minimum absolute atomic E-state index is 0.0995. The number of thiophene rings is 1. The van der Waals surface area contributed by atoms with Gasteiger partial charge in [0.15, 0.2) is 0 Å². The van der Waals surface area contributed by atoms with Gasteiger partial charge in [0.05, 0.1) is 12.2 Å². The van der Waals surface area contributed by atoms with Gasteiger partial charge in [-0.2, -0.15) is 11.3 Å². The van der Waals surface area contributed by atoms with Crippen molar-refractivity contribution in [3.05, 3.63) is 76.5 Å². The van der Waals surface area contributed by atoms with E-state index in [1.807, 2.05) is 55.5 Å². The molecule has 0 atom stereocenters. The van der Waals surface area contributed by atoms with Gasteiger partial charge in [0.2, 0.25) is 0 Å². The molecule has 0 radical (unpaired) electrons. The second-order valence-corrected chi connectivity index (χ2v) is 7.13. The Balaban J connectivity index is 1.69. The van der Waals surface area contributed by atoms with Crippen LogP contribution in [0.3, 0.4) is 0 Å². The molecule has 0 bridgehead atoms. The molecule has 5 heteroatoms. The zero-order chi connectivity index (χ0) is 17.5. The van der Waals surface area contributed by atoms with E-state index in [2.05, 4.69) is 22.1 Å². The number of ether oxygens (including phenoxy) is 1. The zero-order valence-electron chi connectivity index (χ0n) is 13.9. The molecule has 3 nitrogen and oxygen atoms in total. The third-order valence-electron chi connectivity index (χ3n) is 3.53. The number of thioether (sulfide) groups is 1. The van der Waals surface area contributed by atoms with Crippen LogP contribution in [0.25, 0.3) is 0 Å². The van der Waals surface area contributed by atoms with E-state index in [1.165, 1.54) is 5.56 Å². The molecule has 0 aliphatic rings. The summed E-state index contributed by atoms with van der Waals surface area (Å²) in [5.41, 5.74) is 2.72. The highest BCUT2D eigenvalue weighted by Crippen LogP contribution is 2.28. The van der Waals surface area contributed by atoms with Crippen molar-refractivity contribution in [2.75, 3.05) is 11.9 Å². The first-order valence-corrected chi connectivity index (χ1v) is 9.96. The number of carbonyl (C=O) groups is 1. The Labute approximate surface area is 156 Å². The quantitative estimate of drug-likeness (QED) is 0.544. The monoisotopic (exact) mass is 369 g/mol. The molecule has 128 valence electrons. The number of hydrogen-bond donors (Lipinski definition) is 1. The highest BCUT2D eigenvalue weighted by molar-refractivity contribution is 7.98. The minimum Gasteiger partial charge on any atom is -0.494 e. The lowest BCUT2D eigenvalue weighted by atomic mass is 10.2. The third-order valence-corrected chi connectivity index (χ3v) is 5.41. The lowest BCUT2D eigenvalue weighted by molar-refractivity contribution is 0.102. The molecular formula is C20H19NO2S2. The molecule has 0 fully saturated rings. The molecule has 1 amide bonds. The van der Waals surface area contributed by atoms with Crippen LogP contribution in [-0.2, 0) is 5.75 Å². The molecule has 25 heavy (non-hydrogen) atoms. The van der Waals surface area contributed by atoms with Gasteiger partial charge in [-0.25, -0.2) is 0 Å². The van der Waals surface area contributed by atoms with Crippen LogP contribution in [0.2, 0.25) is 0 Å². The van der Waals surface area contributed by atoms with Crippen LogP contribution in [0.4, 0.5) is 5.69 Å². The predicted octanol–water partition coefficient (Wildman–Crippen LogP) is 5.69. The maximum atomic E-state index is 12.7. The molecular weight excluding hydrogens is 350 g/mol. The molecule has 2 aromatic carbocycles. The van der Waals surface area contributed by atoms with Crippen molar-refractivity contribution in [3.8, 4) is 5.75 Å². The highest BCUT2D eigenvalue weighted by Gasteiger charge is 2.12. The van der Waals surface area contributed by atoms with Crippen molar-refractivity contribution < 1.29 is 9.53 Å². The van der Waals surface area contributed by atoms with Crippen LogP contribution in [0, 0.1) is 0 Å². The molecule has 0 saturated heterocycles. The molecule has 0 unspecified atom stereocenters. The smallest absolute Gasteiger partial charge is 0.256 e. The summed E-state index contributed by atoms with van der Waals surface area (Å²) in [5, 5.41) is 7.16. The molecule has 1 heterocycles. The average molecular weight is 370 g/mol. The standard InChI is InChI=1S/C20H19NO2S2/c1-2-23-17-9-7-16(8-10-17)21-20(22)18-5-3-4-6-19(18)25-14-15-11-12-24-13-15/h3-13H,2,14H2,1H3,(H,21,22). The van der Waals surface area contributed by atoms with Gasteiger partial charge in [0.25, 0.3) is 5.91 Å². The summed E-state index contributed by atoms with van der Waals surface area (Å²) >= 11 is 3.37. The van der Waals surface area contributed by atoms with Crippen molar-refractivity contribution in [2.24, 2.45) is 0 Å². The zero-order valence-corrected chi connectivity index (χ0v) is 15.5. The fourth-order valence-electron chi connectivity index (χ4n) is 2.32. The van der Waals surface area contributed by atoms with E-state index in [0.29, 0.717) is 12.2 Å². The Morgan fingerprint density at radius 2 is 1.92 bits per heavy atom. The van der Waals surface area contributed by atoms with Gasteiger partial charge in [-0.3, -0.25) is 4.79 Å². The Hall–Kier alpha value is -2.24. The predicted molar refractivity (Wildman–Crippen MR) is 106 cm³/mol. The van der Waals surface area contributed by atoms with Crippen LogP contribution in [0.15, 0.2) is 70.3 Å². The van der Waals surface area contributed by atoms with E-state index in [4.69, 9.17) is 4.74 Å². The third kappa shape index (κ3) is 4.87. The summed E-state index contributed by atoms with van der Waals surface area (Å²) < 4.78 is 5.42. The molecule has 0 spiro atoms. The second kappa shape index (κ2) is 8.74. The summed E-state index contributed by atoms with van der Waals surface area (Å²) in [6.45, 7) is 2.57. The molecule has 0 aliphatic carbocycles. The van der Waals surface area contributed by atoms with E-state index in [-0.39, 0.29) is 5.91 Å². The number of nitrogens with one attached hydrogen (secondary N) is 1. The van der Waals surface area contributed by atoms with Crippen LogP contribution in [0.1, 0.15) is 22.8 Å². The number of rotatable bonds is 7. The fourth-order valence-corrected chi connectivity index (χ4v) is 4.08. The summed E-state index contributed by atoms with van der Waals surface area (Å²) in [4.78, 5) is 13.6. The van der Waals surface area contributed by atoms with Crippen molar-refractivity contribution in [1.29, 1.82) is 0 Å². The molecule has 1 N–H and O–H groups in total. The van der Waals surface area contributed by atoms with E-state index < -0.39 is 0 Å². The molecule has 1 aromatic heterocycles.